The van der Waals surface area contributed by atoms with Crippen LogP contribution in [0.5, 0.6) is 5.75 Å². The Balaban J connectivity index is 2.41. The smallest absolute Gasteiger partial charge is 0.339 e. The van der Waals surface area contributed by atoms with Crippen LogP contribution in [0, 0.1) is 19.7 Å². The van der Waals surface area contributed by atoms with Gasteiger partial charge < -0.3 is 4.18 Å². The molecule has 0 aromatic heterocycles. The van der Waals surface area contributed by atoms with Crippen molar-refractivity contribution in [3.05, 3.63) is 59.4 Å². The monoisotopic (exact) mass is 280 g/mol. The summed E-state index contributed by atoms with van der Waals surface area (Å²) < 4.78 is 42.4. The lowest BCUT2D eigenvalue weighted by Crippen LogP contribution is -2.12. The van der Waals surface area contributed by atoms with Crippen LogP contribution in [0.15, 0.2) is 47.4 Å². The zero-order valence-corrected chi connectivity index (χ0v) is 11.4. The molecule has 0 saturated carbocycles. The quantitative estimate of drug-likeness (QED) is 0.811. The van der Waals surface area contributed by atoms with Crippen molar-refractivity contribution in [2.75, 3.05) is 0 Å². The maximum atomic E-state index is 13.4. The lowest BCUT2D eigenvalue weighted by molar-refractivity contribution is 0.461. The molecule has 0 heterocycles. The largest absolute Gasteiger partial charge is 0.376 e. The Kier molecular flexibility index (Phi) is 3.57. The van der Waals surface area contributed by atoms with Crippen molar-refractivity contribution in [2.24, 2.45) is 0 Å². The molecular weight excluding hydrogens is 267 g/mol. The van der Waals surface area contributed by atoms with Gasteiger partial charge in [0.25, 0.3) is 0 Å². The summed E-state index contributed by atoms with van der Waals surface area (Å²) in [6, 6.07) is 10.3. The van der Waals surface area contributed by atoms with Gasteiger partial charge in [-0.3, -0.25) is 0 Å². The summed E-state index contributed by atoms with van der Waals surface area (Å²) in [6.07, 6.45) is 0. The highest BCUT2D eigenvalue weighted by Crippen LogP contribution is 2.23. The molecule has 0 radical (unpaired) electrons. The number of halogens is 1. The SMILES string of the molecule is Cc1ccc(S(=O)(=O)Oc2ccccc2F)c(C)c1. The molecule has 0 bridgehead atoms. The Hall–Kier alpha value is -1.88. The lowest BCUT2D eigenvalue weighted by atomic mass is 10.2. The van der Waals surface area contributed by atoms with Crippen molar-refractivity contribution < 1.29 is 17.0 Å². The average molecular weight is 280 g/mol. The second-order valence-corrected chi connectivity index (χ2v) is 5.75. The minimum atomic E-state index is -4.02. The lowest BCUT2D eigenvalue weighted by Gasteiger charge is -2.10. The topological polar surface area (TPSA) is 43.4 Å². The van der Waals surface area contributed by atoms with Gasteiger partial charge in [-0.05, 0) is 37.6 Å². The molecule has 0 amide bonds. The van der Waals surface area contributed by atoms with Crippen LogP contribution in [0.2, 0.25) is 0 Å². The molecule has 5 heteroatoms. The first-order valence-corrected chi connectivity index (χ1v) is 7.07. The summed E-state index contributed by atoms with van der Waals surface area (Å²) in [4.78, 5) is 0.0429. The van der Waals surface area contributed by atoms with E-state index >= 15 is 0 Å². The molecule has 0 aliphatic heterocycles. The fourth-order valence-corrected chi connectivity index (χ4v) is 2.90. The Morgan fingerprint density at radius 1 is 1.05 bits per heavy atom. The molecule has 0 aliphatic rings. The molecular formula is C14H13FO3S. The summed E-state index contributed by atoms with van der Waals surface area (Å²) in [5.74, 6) is -1.02. The highest BCUT2D eigenvalue weighted by atomic mass is 32.2. The first kappa shape index (κ1) is 13.5. The maximum Gasteiger partial charge on any atom is 0.339 e. The van der Waals surface area contributed by atoms with Crippen molar-refractivity contribution >= 4 is 10.1 Å². The van der Waals surface area contributed by atoms with E-state index in [9.17, 15) is 12.8 Å². The average Bonchev–Trinajstić information content (AvgIpc) is 2.31. The third kappa shape index (κ3) is 2.93. The Labute approximate surface area is 111 Å². The molecule has 2 aromatic carbocycles. The molecule has 100 valence electrons. The number of hydrogen-bond donors (Lipinski definition) is 0. The first-order valence-electron chi connectivity index (χ1n) is 5.66. The number of hydrogen-bond acceptors (Lipinski definition) is 3. The number of aryl methyl sites for hydroxylation is 2. The summed E-state index contributed by atoms with van der Waals surface area (Å²) >= 11 is 0. The van der Waals surface area contributed by atoms with Gasteiger partial charge in [0.05, 0.1) is 0 Å². The molecule has 0 N–H and O–H groups in total. The van der Waals surface area contributed by atoms with E-state index in [1.165, 1.54) is 24.3 Å². The molecule has 0 unspecified atom stereocenters. The third-order valence-electron chi connectivity index (χ3n) is 2.64. The summed E-state index contributed by atoms with van der Waals surface area (Å²) in [6.45, 7) is 3.53. The summed E-state index contributed by atoms with van der Waals surface area (Å²) in [5.41, 5.74) is 1.51. The molecule has 2 aromatic rings. The minimum absolute atomic E-state index is 0.0429. The highest BCUT2D eigenvalue weighted by Gasteiger charge is 2.20. The van der Waals surface area contributed by atoms with E-state index in [1.54, 1.807) is 19.1 Å². The highest BCUT2D eigenvalue weighted by molar-refractivity contribution is 7.87. The van der Waals surface area contributed by atoms with E-state index in [-0.39, 0.29) is 10.6 Å². The summed E-state index contributed by atoms with van der Waals surface area (Å²) in [5, 5.41) is 0. The van der Waals surface area contributed by atoms with Gasteiger partial charge in [0.15, 0.2) is 11.6 Å². The first-order chi connectivity index (χ1) is 8.90. The Morgan fingerprint density at radius 3 is 2.37 bits per heavy atom. The maximum absolute atomic E-state index is 13.4. The number of rotatable bonds is 3. The van der Waals surface area contributed by atoms with Crippen molar-refractivity contribution in [2.45, 2.75) is 18.7 Å². The zero-order chi connectivity index (χ0) is 14.0. The minimum Gasteiger partial charge on any atom is -0.376 e. The molecule has 0 spiro atoms. The van der Waals surface area contributed by atoms with E-state index in [1.807, 2.05) is 6.92 Å². The molecule has 0 saturated heterocycles. The van der Waals surface area contributed by atoms with Crippen molar-refractivity contribution in [3.63, 3.8) is 0 Å². The van der Waals surface area contributed by atoms with Gasteiger partial charge in [-0.25, -0.2) is 4.39 Å². The van der Waals surface area contributed by atoms with Crippen LogP contribution >= 0.6 is 0 Å². The van der Waals surface area contributed by atoms with Crippen LogP contribution in [0.25, 0.3) is 0 Å². The molecule has 0 fully saturated rings. The van der Waals surface area contributed by atoms with Gasteiger partial charge >= 0.3 is 10.1 Å². The van der Waals surface area contributed by atoms with Gasteiger partial charge in [0, 0.05) is 0 Å². The van der Waals surface area contributed by atoms with Crippen LogP contribution in [0.3, 0.4) is 0 Å². The van der Waals surface area contributed by atoms with Gasteiger partial charge in [0.1, 0.15) is 4.90 Å². The predicted molar refractivity (Wildman–Crippen MR) is 70.1 cm³/mol. The van der Waals surface area contributed by atoms with Crippen molar-refractivity contribution in [1.82, 2.24) is 0 Å². The third-order valence-corrected chi connectivity index (χ3v) is 4.03. The fraction of sp³-hybridized carbons (Fsp3) is 0.143. The zero-order valence-electron chi connectivity index (χ0n) is 10.6. The van der Waals surface area contributed by atoms with Crippen molar-refractivity contribution in [1.29, 1.82) is 0 Å². The molecule has 19 heavy (non-hydrogen) atoms. The fourth-order valence-electron chi connectivity index (χ4n) is 1.76. The normalized spacial score (nSPS) is 11.3. The second kappa shape index (κ2) is 5.01. The van der Waals surface area contributed by atoms with Gasteiger partial charge in [-0.15, -0.1) is 0 Å². The van der Waals surface area contributed by atoms with E-state index in [4.69, 9.17) is 4.18 Å². The Bertz CT molecular complexity index is 708. The predicted octanol–water partition coefficient (Wildman–Crippen LogP) is 3.21. The molecule has 0 aliphatic carbocycles. The number of para-hydroxylation sites is 1. The van der Waals surface area contributed by atoms with Crippen LogP contribution in [0.4, 0.5) is 4.39 Å². The van der Waals surface area contributed by atoms with E-state index in [2.05, 4.69) is 0 Å². The van der Waals surface area contributed by atoms with Gasteiger partial charge in [0.2, 0.25) is 0 Å². The van der Waals surface area contributed by atoms with Gasteiger partial charge in [-0.1, -0.05) is 29.8 Å². The van der Waals surface area contributed by atoms with Crippen LogP contribution in [-0.2, 0) is 10.1 Å². The second-order valence-electron chi connectivity index (χ2n) is 4.24. The van der Waals surface area contributed by atoms with Crippen molar-refractivity contribution in [3.8, 4) is 5.75 Å². The van der Waals surface area contributed by atoms with Crippen LogP contribution in [-0.4, -0.2) is 8.42 Å². The van der Waals surface area contributed by atoms with Crippen LogP contribution < -0.4 is 4.18 Å². The van der Waals surface area contributed by atoms with E-state index < -0.39 is 15.9 Å². The molecule has 3 nitrogen and oxygen atoms in total. The molecule has 0 atom stereocenters. The Morgan fingerprint density at radius 2 is 1.74 bits per heavy atom. The van der Waals surface area contributed by atoms with Gasteiger partial charge in [-0.2, -0.15) is 8.42 Å². The van der Waals surface area contributed by atoms with E-state index in [0.29, 0.717) is 5.56 Å². The summed E-state index contributed by atoms with van der Waals surface area (Å²) in [7, 11) is -4.02. The van der Waals surface area contributed by atoms with Crippen LogP contribution in [0.1, 0.15) is 11.1 Å². The molecule has 2 rings (SSSR count). The number of benzene rings is 2. The van der Waals surface area contributed by atoms with E-state index in [0.717, 1.165) is 11.6 Å². The standard InChI is InChI=1S/C14H13FO3S/c1-10-7-8-14(11(2)9-10)19(16,17)18-13-6-4-3-5-12(13)15/h3-9H,1-2H3.